The average molecular weight is 207 g/mol. The van der Waals surface area contributed by atoms with Gasteiger partial charge in [0.05, 0.1) is 5.25 Å². The molecule has 0 N–H and O–H groups in total. The standard InChI is InChI=1S/C10H9NS2/c12-9(10-11-6-7-13-10)8-4-2-1-3-5-8/h1-7,9,12H. The maximum absolute atomic E-state index is 4.52. The van der Waals surface area contributed by atoms with Crippen LogP contribution in [0.25, 0.3) is 0 Å². The Kier molecular flexibility index (Phi) is 2.66. The Labute approximate surface area is 86.9 Å². The second kappa shape index (κ2) is 3.94. The van der Waals surface area contributed by atoms with Gasteiger partial charge in [0.1, 0.15) is 5.01 Å². The van der Waals surface area contributed by atoms with Crippen molar-refractivity contribution in [3.63, 3.8) is 0 Å². The molecule has 1 aromatic heterocycles. The minimum absolute atomic E-state index is 0.112. The highest BCUT2D eigenvalue weighted by atomic mass is 32.1. The SMILES string of the molecule is SC(c1ccccc1)c1nccs1. The first-order valence-corrected chi connectivity index (χ1v) is 5.40. The molecule has 0 aliphatic heterocycles. The van der Waals surface area contributed by atoms with E-state index >= 15 is 0 Å². The van der Waals surface area contributed by atoms with Crippen LogP contribution in [-0.2, 0) is 0 Å². The van der Waals surface area contributed by atoms with Gasteiger partial charge in [-0.05, 0) is 5.56 Å². The quantitative estimate of drug-likeness (QED) is 0.746. The highest BCUT2D eigenvalue weighted by Crippen LogP contribution is 2.28. The molecule has 2 rings (SSSR count). The summed E-state index contributed by atoms with van der Waals surface area (Å²) in [5.41, 5.74) is 1.20. The molecule has 2 aromatic rings. The molecular formula is C10H9NS2. The molecule has 66 valence electrons. The summed E-state index contributed by atoms with van der Waals surface area (Å²) in [5, 5.41) is 3.14. The van der Waals surface area contributed by atoms with E-state index in [1.165, 1.54) is 5.56 Å². The highest BCUT2D eigenvalue weighted by molar-refractivity contribution is 7.81. The minimum atomic E-state index is 0.112. The molecule has 0 radical (unpaired) electrons. The van der Waals surface area contributed by atoms with Crippen molar-refractivity contribution in [3.8, 4) is 0 Å². The van der Waals surface area contributed by atoms with Gasteiger partial charge in [0, 0.05) is 11.6 Å². The second-order valence-electron chi connectivity index (χ2n) is 2.68. The van der Waals surface area contributed by atoms with Gasteiger partial charge in [0.25, 0.3) is 0 Å². The summed E-state index contributed by atoms with van der Waals surface area (Å²) in [6, 6.07) is 10.2. The number of nitrogens with zero attached hydrogens (tertiary/aromatic N) is 1. The van der Waals surface area contributed by atoms with Crippen molar-refractivity contribution >= 4 is 24.0 Å². The van der Waals surface area contributed by atoms with Crippen molar-refractivity contribution in [3.05, 3.63) is 52.5 Å². The third-order valence-corrected chi connectivity index (χ3v) is 3.36. The van der Waals surface area contributed by atoms with Crippen LogP contribution < -0.4 is 0 Å². The maximum Gasteiger partial charge on any atom is 0.110 e. The van der Waals surface area contributed by atoms with Crippen molar-refractivity contribution in [2.24, 2.45) is 0 Å². The summed E-state index contributed by atoms with van der Waals surface area (Å²) < 4.78 is 0. The summed E-state index contributed by atoms with van der Waals surface area (Å²) in [7, 11) is 0. The van der Waals surface area contributed by atoms with Gasteiger partial charge >= 0.3 is 0 Å². The van der Waals surface area contributed by atoms with E-state index in [4.69, 9.17) is 0 Å². The zero-order valence-corrected chi connectivity index (χ0v) is 8.63. The largest absolute Gasteiger partial charge is 0.248 e. The van der Waals surface area contributed by atoms with Crippen LogP contribution in [0, 0.1) is 0 Å². The van der Waals surface area contributed by atoms with Gasteiger partial charge in [-0.3, -0.25) is 0 Å². The molecular weight excluding hydrogens is 198 g/mol. The van der Waals surface area contributed by atoms with E-state index in [9.17, 15) is 0 Å². The van der Waals surface area contributed by atoms with Crippen molar-refractivity contribution in [2.45, 2.75) is 5.25 Å². The molecule has 0 bridgehead atoms. The minimum Gasteiger partial charge on any atom is -0.248 e. The first-order chi connectivity index (χ1) is 6.38. The Hall–Kier alpha value is -0.800. The Balaban J connectivity index is 2.29. The molecule has 1 aromatic carbocycles. The van der Waals surface area contributed by atoms with E-state index in [0.717, 1.165) is 5.01 Å². The predicted octanol–water partition coefficient (Wildman–Crippen LogP) is 3.16. The summed E-state index contributed by atoms with van der Waals surface area (Å²) >= 11 is 6.16. The molecule has 0 fully saturated rings. The number of hydrogen-bond donors (Lipinski definition) is 1. The number of rotatable bonds is 2. The lowest BCUT2D eigenvalue weighted by Gasteiger charge is -2.06. The molecule has 0 saturated heterocycles. The Bertz CT molecular complexity index is 356. The van der Waals surface area contributed by atoms with Crippen molar-refractivity contribution in [1.29, 1.82) is 0 Å². The summed E-state index contributed by atoms with van der Waals surface area (Å²) in [5.74, 6) is 0. The zero-order valence-electron chi connectivity index (χ0n) is 6.92. The smallest absolute Gasteiger partial charge is 0.110 e. The molecule has 13 heavy (non-hydrogen) atoms. The average Bonchev–Trinajstić information content (AvgIpc) is 2.71. The molecule has 0 spiro atoms. The van der Waals surface area contributed by atoms with Crippen LogP contribution in [0.5, 0.6) is 0 Å². The Morgan fingerprint density at radius 1 is 1.23 bits per heavy atom. The lowest BCUT2D eigenvalue weighted by atomic mass is 10.1. The fourth-order valence-corrected chi connectivity index (χ4v) is 2.22. The lowest BCUT2D eigenvalue weighted by Crippen LogP contribution is -1.90. The monoisotopic (exact) mass is 207 g/mol. The van der Waals surface area contributed by atoms with Crippen LogP contribution in [-0.4, -0.2) is 4.98 Å². The van der Waals surface area contributed by atoms with Crippen molar-refractivity contribution in [1.82, 2.24) is 4.98 Å². The van der Waals surface area contributed by atoms with Gasteiger partial charge in [0.2, 0.25) is 0 Å². The molecule has 3 heteroatoms. The molecule has 1 heterocycles. The van der Waals surface area contributed by atoms with E-state index in [1.54, 1.807) is 11.3 Å². The number of hydrogen-bond acceptors (Lipinski definition) is 3. The zero-order chi connectivity index (χ0) is 9.10. The third-order valence-electron chi connectivity index (χ3n) is 1.80. The highest BCUT2D eigenvalue weighted by Gasteiger charge is 2.10. The molecule has 0 amide bonds. The molecule has 1 unspecified atom stereocenters. The molecule has 0 aliphatic rings. The van der Waals surface area contributed by atoms with Crippen LogP contribution in [0.1, 0.15) is 15.8 Å². The van der Waals surface area contributed by atoms with E-state index in [1.807, 2.05) is 29.8 Å². The first kappa shape index (κ1) is 8.78. The van der Waals surface area contributed by atoms with Crippen molar-refractivity contribution in [2.75, 3.05) is 0 Å². The summed E-state index contributed by atoms with van der Waals surface area (Å²) in [6.07, 6.45) is 1.81. The van der Waals surface area contributed by atoms with Gasteiger partial charge in [-0.2, -0.15) is 12.6 Å². The molecule has 1 atom stereocenters. The third kappa shape index (κ3) is 1.92. The molecule has 1 nitrogen and oxygen atoms in total. The van der Waals surface area contributed by atoms with Crippen molar-refractivity contribution < 1.29 is 0 Å². The topological polar surface area (TPSA) is 12.9 Å². The van der Waals surface area contributed by atoms with Gasteiger partial charge in [0.15, 0.2) is 0 Å². The van der Waals surface area contributed by atoms with E-state index in [-0.39, 0.29) is 5.25 Å². The van der Waals surface area contributed by atoms with Gasteiger partial charge in [-0.15, -0.1) is 11.3 Å². The Morgan fingerprint density at radius 3 is 2.62 bits per heavy atom. The number of thiazole rings is 1. The van der Waals surface area contributed by atoms with Gasteiger partial charge in [-0.25, -0.2) is 4.98 Å². The fourth-order valence-electron chi connectivity index (χ4n) is 1.15. The fraction of sp³-hybridized carbons (Fsp3) is 0.100. The number of thiol groups is 1. The Morgan fingerprint density at radius 2 is 2.00 bits per heavy atom. The van der Waals surface area contributed by atoms with E-state index in [2.05, 4.69) is 29.7 Å². The first-order valence-electron chi connectivity index (χ1n) is 4.00. The predicted molar refractivity (Wildman–Crippen MR) is 59.4 cm³/mol. The summed E-state index contributed by atoms with van der Waals surface area (Å²) in [6.45, 7) is 0. The normalized spacial score (nSPS) is 12.7. The van der Waals surface area contributed by atoms with Crippen LogP contribution in [0.3, 0.4) is 0 Å². The van der Waals surface area contributed by atoms with Gasteiger partial charge < -0.3 is 0 Å². The van der Waals surface area contributed by atoms with Crippen LogP contribution in [0.15, 0.2) is 41.9 Å². The van der Waals surface area contributed by atoms with Gasteiger partial charge in [-0.1, -0.05) is 30.3 Å². The second-order valence-corrected chi connectivity index (χ2v) is 4.13. The van der Waals surface area contributed by atoms with E-state index < -0.39 is 0 Å². The summed E-state index contributed by atoms with van der Waals surface area (Å²) in [4.78, 5) is 4.23. The molecule has 0 saturated carbocycles. The van der Waals surface area contributed by atoms with Crippen LogP contribution >= 0.6 is 24.0 Å². The molecule has 0 aliphatic carbocycles. The van der Waals surface area contributed by atoms with E-state index in [0.29, 0.717) is 0 Å². The number of benzene rings is 1. The lowest BCUT2D eigenvalue weighted by molar-refractivity contribution is 1.12. The van der Waals surface area contributed by atoms with Crippen LogP contribution in [0.2, 0.25) is 0 Å². The number of aromatic nitrogens is 1. The van der Waals surface area contributed by atoms with Crippen LogP contribution in [0.4, 0.5) is 0 Å². The maximum atomic E-state index is 4.52.